The van der Waals surface area contributed by atoms with E-state index >= 15 is 0 Å². The number of aromatic amines is 1. The van der Waals surface area contributed by atoms with Crippen molar-refractivity contribution in [3.8, 4) is 11.3 Å². The number of benzene rings is 4. The molecular weight excluding hydrogens is 573 g/mol. The number of carbonyl (C=O) groups excluding carboxylic acids is 1. The highest BCUT2D eigenvalue weighted by Crippen LogP contribution is 2.35. The van der Waals surface area contributed by atoms with Crippen molar-refractivity contribution in [1.29, 1.82) is 0 Å². The lowest BCUT2D eigenvalue weighted by atomic mass is 9.93. The minimum Gasteiger partial charge on any atom is -0.463 e. The highest BCUT2D eigenvalue weighted by Gasteiger charge is 2.35. The van der Waals surface area contributed by atoms with Gasteiger partial charge in [0.15, 0.2) is 4.80 Å². The van der Waals surface area contributed by atoms with E-state index in [0.717, 1.165) is 27.7 Å². The third kappa shape index (κ3) is 4.79. The number of thiazole rings is 1. The average molecular weight is 600 g/mol. The molecule has 0 bridgehead atoms. The Bertz CT molecular complexity index is 2230. The van der Waals surface area contributed by atoms with Crippen molar-refractivity contribution in [2.75, 3.05) is 6.61 Å². The van der Waals surface area contributed by atoms with Gasteiger partial charge in [0.2, 0.25) is 0 Å². The first-order chi connectivity index (χ1) is 21.5. The molecule has 6 nitrogen and oxygen atoms in total. The Kier molecular flexibility index (Phi) is 7.12. The normalized spacial score (nSPS) is 14.9. The van der Waals surface area contributed by atoms with Crippen LogP contribution in [-0.2, 0) is 9.53 Å². The monoisotopic (exact) mass is 599 g/mol. The highest BCUT2D eigenvalue weighted by molar-refractivity contribution is 7.07. The van der Waals surface area contributed by atoms with Gasteiger partial charge in [-0.05, 0) is 42.3 Å². The number of H-pyrrole nitrogens is 1. The van der Waals surface area contributed by atoms with Gasteiger partial charge in [0, 0.05) is 22.0 Å². The van der Waals surface area contributed by atoms with Gasteiger partial charge in [-0.2, -0.15) is 0 Å². The molecule has 44 heavy (non-hydrogen) atoms. The Labute approximate surface area is 255 Å². The number of para-hydroxylation sites is 1. The summed E-state index contributed by atoms with van der Waals surface area (Å²) in [6.07, 6.45) is 1.89. The van der Waals surface area contributed by atoms with E-state index in [1.165, 1.54) is 28.0 Å². The zero-order valence-electron chi connectivity index (χ0n) is 23.7. The third-order valence-electron chi connectivity index (χ3n) is 7.64. The number of aromatic nitrogens is 2. The molecule has 1 N–H and O–H groups in total. The summed E-state index contributed by atoms with van der Waals surface area (Å²) in [4.78, 5) is 36.9. The number of fused-ring (bicyclic) bond motifs is 2. The molecule has 3 heterocycles. The SMILES string of the molecule is CCOC(=O)C1=C(c2ccccc2)N=c2s/c(=C\c3c(-c4ccccc4)[nH]c4ccccc34)c(=O)n2[C@@H]1c1ccc(F)cc1. The summed E-state index contributed by atoms with van der Waals surface area (Å²) in [6.45, 7) is 1.88. The van der Waals surface area contributed by atoms with Crippen molar-refractivity contribution in [1.82, 2.24) is 9.55 Å². The van der Waals surface area contributed by atoms with Crippen molar-refractivity contribution in [2.45, 2.75) is 13.0 Å². The van der Waals surface area contributed by atoms with Crippen LogP contribution in [0.25, 0.3) is 33.9 Å². The van der Waals surface area contributed by atoms with Crippen LogP contribution in [0.4, 0.5) is 4.39 Å². The topological polar surface area (TPSA) is 76.4 Å². The smallest absolute Gasteiger partial charge is 0.338 e. The van der Waals surface area contributed by atoms with Crippen molar-refractivity contribution < 1.29 is 13.9 Å². The zero-order valence-corrected chi connectivity index (χ0v) is 24.5. The third-order valence-corrected chi connectivity index (χ3v) is 8.63. The van der Waals surface area contributed by atoms with E-state index in [9.17, 15) is 14.0 Å². The van der Waals surface area contributed by atoms with Gasteiger partial charge >= 0.3 is 5.97 Å². The molecule has 0 unspecified atom stereocenters. The summed E-state index contributed by atoms with van der Waals surface area (Å²) >= 11 is 1.25. The van der Waals surface area contributed by atoms with Crippen LogP contribution in [0.1, 0.15) is 29.7 Å². The molecule has 8 heteroatoms. The van der Waals surface area contributed by atoms with Crippen LogP contribution >= 0.6 is 11.3 Å². The Morgan fingerprint density at radius 1 is 0.932 bits per heavy atom. The summed E-state index contributed by atoms with van der Waals surface area (Å²) in [6, 6.07) is 32.2. The minimum atomic E-state index is -0.875. The van der Waals surface area contributed by atoms with Gasteiger partial charge in [-0.15, -0.1) is 0 Å². The number of hydrogen-bond donors (Lipinski definition) is 1. The van der Waals surface area contributed by atoms with E-state index in [2.05, 4.69) is 4.98 Å². The number of carbonyl (C=O) groups is 1. The molecule has 6 aromatic rings. The van der Waals surface area contributed by atoms with Crippen molar-refractivity contribution in [3.05, 3.63) is 157 Å². The summed E-state index contributed by atoms with van der Waals surface area (Å²) in [5, 5.41) is 0.976. The number of rotatable bonds is 6. The first kappa shape index (κ1) is 27.5. The van der Waals surface area contributed by atoms with Crippen LogP contribution in [0.2, 0.25) is 0 Å². The van der Waals surface area contributed by atoms with E-state index < -0.39 is 17.8 Å². The molecule has 0 saturated carbocycles. The molecule has 0 fully saturated rings. The Hall–Kier alpha value is -5.34. The zero-order chi connectivity index (χ0) is 30.2. The van der Waals surface area contributed by atoms with Crippen molar-refractivity contribution in [2.24, 2.45) is 4.99 Å². The first-order valence-electron chi connectivity index (χ1n) is 14.2. The molecule has 1 atom stereocenters. The van der Waals surface area contributed by atoms with Gasteiger partial charge in [0.05, 0.1) is 34.1 Å². The van der Waals surface area contributed by atoms with Gasteiger partial charge in [-0.3, -0.25) is 9.36 Å². The molecule has 216 valence electrons. The fraction of sp³-hybridized carbons (Fsp3) is 0.0833. The summed E-state index contributed by atoms with van der Waals surface area (Å²) in [7, 11) is 0. The van der Waals surface area contributed by atoms with Crippen LogP contribution in [0, 0.1) is 5.82 Å². The van der Waals surface area contributed by atoms with Crippen LogP contribution in [-0.4, -0.2) is 22.1 Å². The fourth-order valence-corrected chi connectivity index (χ4v) is 6.66. The molecule has 0 aliphatic carbocycles. The fourth-order valence-electron chi connectivity index (χ4n) is 5.68. The molecule has 1 aliphatic rings. The number of halogens is 1. The quantitative estimate of drug-likeness (QED) is 0.231. The summed E-state index contributed by atoms with van der Waals surface area (Å²) in [5.74, 6) is -0.999. The van der Waals surface area contributed by atoms with Crippen molar-refractivity contribution in [3.63, 3.8) is 0 Å². The largest absolute Gasteiger partial charge is 0.463 e. The molecule has 4 aromatic carbocycles. The molecule has 0 spiro atoms. The number of ether oxygens (including phenoxy) is 1. The standard InChI is InChI=1S/C36H26FN3O3S/c1-2-43-35(42)30-32(23-13-7-4-8-14-23)39-36-40(33(30)24-17-19-25(37)20-18-24)34(41)29(44-36)21-27-26-15-9-10-16-28(26)38-31(27)22-11-5-3-6-12-22/h3-21,33,38H,2H2,1H3/b29-21-/t33-/m1/s1. The maximum atomic E-state index is 14.4. The summed E-state index contributed by atoms with van der Waals surface area (Å²) < 4.78 is 21.6. The van der Waals surface area contributed by atoms with Crippen LogP contribution < -0.4 is 14.9 Å². The minimum absolute atomic E-state index is 0.147. The van der Waals surface area contributed by atoms with Gasteiger partial charge in [-0.25, -0.2) is 14.2 Å². The Morgan fingerprint density at radius 2 is 1.59 bits per heavy atom. The second-order valence-corrected chi connectivity index (χ2v) is 11.3. The van der Waals surface area contributed by atoms with E-state index in [1.54, 1.807) is 19.1 Å². The van der Waals surface area contributed by atoms with Crippen LogP contribution in [0.5, 0.6) is 0 Å². The van der Waals surface area contributed by atoms with E-state index in [-0.39, 0.29) is 17.7 Å². The average Bonchev–Trinajstić information content (AvgIpc) is 3.58. The number of nitrogens with zero attached hydrogens (tertiary/aromatic N) is 2. The lowest BCUT2D eigenvalue weighted by molar-refractivity contribution is -0.138. The number of hydrogen-bond acceptors (Lipinski definition) is 5. The molecule has 0 radical (unpaired) electrons. The first-order valence-corrected chi connectivity index (χ1v) is 15.0. The van der Waals surface area contributed by atoms with Gasteiger partial charge in [-0.1, -0.05) is 102 Å². The van der Waals surface area contributed by atoms with Crippen molar-refractivity contribution >= 4 is 40.0 Å². The molecule has 0 saturated heterocycles. The molecule has 1 aliphatic heterocycles. The van der Waals surface area contributed by atoms with Crippen LogP contribution in [0.15, 0.2) is 125 Å². The van der Waals surface area contributed by atoms with E-state index in [1.807, 2.05) is 91.0 Å². The van der Waals surface area contributed by atoms with Gasteiger partial charge in [0.1, 0.15) is 5.82 Å². The Balaban J connectivity index is 1.53. The predicted octanol–water partition coefficient (Wildman–Crippen LogP) is 6.22. The predicted molar refractivity (Wildman–Crippen MR) is 171 cm³/mol. The molecule has 0 amide bonds. The van der Waals surface area contributed by atoms with Gasteiger partial charge in [0.25, 0.3) is 5.56 Å². The maximum Gasteiger partial charge on any atom is 0.338 e. The number of nitrogens with one attached hydrogen (secondary N) is 1. The Morgan fingerprint density at radius 3 is 2.30 bits per heavy atom. The summed E-state index contributed by atoms with van der Waals surface area (Å²) in [5.41, 5.74) is 5.33. The second kappa shape index (κ2) is 11.4. The van der Waals surface area contributed by atoms with E-state index in [0.29, 0.717) is 26.2 Å². The molecule has 7 rings (SSSR count). The maximum absolute atomic E-state index is 14.4. The second-order valence-electron chi connectivity index (χ2n) is 10.3. The lowest BCUT2D eigenvalue weighted by Crippen LogP contribution is -2.40. The lowest BCUT2D eigenvalue weighted by Gasteiger charge is -2.25. The van der Waals surface area contributed by atoms with Gasteiger partial charge < -0.3 is 9.72 Å². The number of esters is 1. The molecular formula is C36H26FN3O3S. The highest BCUT2D eigenvalue weighted by atomic mass is 32.1. The van der Waals surface area contributed by atoms with Crippen LogP contribution in [0.3, 0.4) is 0 Å². The molecule has 2 aromatic heterocycles. The van der Waals surface area contributed by atoms with E-state index in [4.69, 9.17) is 9.73 Å².